The lowest BCUT2D eigenvalue weighted by molar-refractivity contribution is 0.386. The van der Waals surface area contributed by atoms with Crippen LogP contribution in [0, 0.1) is 6.92 Å². The van der Waals surface area contributed by atoms with E-state index in [-0.39, 0.29) is 22.6 Å². The molecule has 3 aromatic heterocycles. The second-order valence-corrected chi connectivity index (χ2v) is 6.56. The van der Waals surface area contributed by atoms with Crippen molar-refractivity contribution in [2.45, 2.75) is 6.92 Å². The molecule has 7 heteroatoms. The van der Waals surface area contributed by atoms with Gasteiger partial charge in [-0.25, -0.2) is 4.98 Å². The number of hydrogen-bond acceptors (Lipinski definition) is 5. The van der Waals surface area contributed by atoms with Crippen molar-refractivity contribution in [1.82, 2.24) is 14.5 Å². The summed E-state index contributed by atoms with van der Waals surface area (Å²) in [5.41, 5.74) is 3.32. The van der Waals surface area contributed by atoms with Gasteiger partial charge in [0.25, 0.3) is 0 Å². The lowest BCUT2D eigenvalue weighted by Crippen LogP contribution is -2.08. The highest BCUT2D eigenvalue weighted by molar-refractivity contribution is 5.84. The van der Waals surface area contributed by atoms with Gasteiger partial charge in [0.1, 0.15) is 11.8 Å². The smallest absolute Gasteiger partial charge is 0.240 e. The van der Waals surface area contributed by atoms with E-state index >= 15 is 0 Å². The Hall–Kier alpha value is -4.00. The fraction of sp³-hybridized carbons (Fsp3) is 0.0476. The van der Waals surface area contributed by atoms with Gasteiger partial charge in [-0.3, -0.25) is 9.36 Å². The number of hydrogen-bond donors (Lipinski definition) is 3. The largest absolute Gasteiger partial charge is 0.503 e. The molecule has 2 aromatic carbocycles. The molecule has 0 saturated heterocycles. The van der Waals surface area contributed by atoms with Crippen molar-refractivity contribution in [2.75, 3.05) is 0 Å². The van der Waals surface area contributed by atoms with Gasteiger partial charge >= 0.3 is 0 Å². The van der Waals surface area contributed by atoms with Crippen molar-refractivity contribution < 1.29 is 14.6 Å². The van der Waals surface area contributed by atoms with Gasteiger partial charge in [-0.2, -0.15) is 0 Å². The minimum Gasteiger partial charge on any atom is -0.503 e. The highest BCUT2D eigenvalue weighted by Gasteiger charge is 2.25. The SMILES string of the molecule is Cc1c(O)c(O)n(-c2ccc3nc[nH]c3c2)c1-c1coc2ccccc2c1=O. The second kappa shape index (κ2) is 5.75. The third kappa shape index (κ3) is 2.16. The Kier molecular flexibility index (Phi) is 3.33. The number of nitrogens with zero attached hydrogens (tertiary/aromatic N) is 2. The normalized spacial score (nSPS) is 11.5. The highest BCUT2D eigenvalue weighted by atomic mass is 16.3. The number of aromatic amines is 1. The van der Waals surface area contributed by atoms with E-state index in [1.54, 1.807) is 55.7 Å². The van der Waals surface area contributed by atoms with Gasteiger partial charge in [-0.15, -0.1) is 0 Å². The molecule has 3 heterocycles. The monoisotopic (exact) mass is 373 g/mol. The Labute approximate surface area is 158 Å². The van der Waals surface area contributed by atoms with Crippen LogP contribution in [0.4, 0.5) is 0 Å². The molecular formula is C21H15N3O4. The van der Waals surface area contributed by atoms with E-state index in [1.807, 2.05) is 0 Å². The molecule has 0 aliphatic heterocycles. The summed E-state index contributed by atoms with van der Waals surface area (Å²) in [6.45, 7) is 1.64. The minimum atomic E-state index is -0.348. The van der Waals surface area contributed by atoms with Crippen LogP contribution in [-0.4, -0.2) is 24.7 Å². The predicted octanol–water partition coefficient (Wildman–Crippen LogP) is 3.85. The summed E-state index contributed by atoms with van der Waals surface area (Å²) in [4.78, 5) is 20.3. The highest BCUT2D eigenvalue weighted by Crippen LogP contribution is 2.42. The molecule has 0 unspecified atom stereocenters. The van der Waals surface area contributed by atoms with Gasteiger partial charge in [-0.05, 0) is 37.3 Å². The van der Waals surface area contributed by atoms with Crippen LogP contribution in [0.5, 0.6) is 11.6 Å². The Morgan fingerprint density at radius 2 is 1.96 bits per heavy atom. The zero-order valence-corrected chi connectivity index (χ0v) is 14.8. The second-order valence-electron chi connectivity index (χ2n) is 6.56. The molecule has 0 spiro atoms. The van der Waals surface area contributed by atoms with Gasteiger partial charge in [0.2, 0.25) is 11.3 Å². The minimum absolute atomic E-state index is 0.244. The van der Waals surface area contributed by atoms with Crippen molar-refractivity contribution in [2.24, 2.45) is 0 Å². The van der Waals surface area contributed by atoms with Crippen LogP contribution < -0.4 is 5.43 Å². The van der Waals surface area contributed by atoms with E-state index in [2.05, 4.69) is 9.97 Å². The molecule has 0 saturated carbocycles. The van der Waals surface area contributed by atoms with Crippen LogP contribution in [0.15, 0.2) is 64.3 Å². The van der Waals surface area contributed by atoms with Crippen molar-refractivity contribution in [1.29, 1.82) is 0 Å². The summed E-state index contributed by atoms with van der Waals surface area (Å²) in [5.74, 6) is -0.633. The Morgan fingerprint density at radius 1 is 1.14 bits per heavy atom. The van der Waals surface area contributed by atoms with Crippen molar-refractivity contribution in [3.05, 3.63) is 70.8 Å². The average molecular weight is 373 g/mol. The van der Waals surface area contributed by atoms with E-state index in [0.717, 1.165) is 11.0 Å². The molecule has 0 bridgehead atoms. The van der Waals surface area contributed by atoms with Crippen LogP contribution in [0.3, 0.4) is 0 Å². The molecule has 0 aliphatic carbocycles. The van der Waals surface area contributed by atoms with E-state index in [4.69, 9.17) is 4.42 Å². The first kappa shape index (κ1) is 16.2. The molecule has 7 nitrogen and oxygen atoms in total. The molecule has 28 heavy (non-hydrogen) atoms. The predicted molar refractivity (Wildman–Crippen MR) is 105 cm³/mol. The van der Waals surface area contributed by atoms with Crippen LogP contribution in [0.1, 0.15) is 5.56 Å². The third-order valence-corrected chi connectivity index (χ3v) is 4.95. The molecular weight excluding hydrogens is 358 g/mol. The molecule has 138 valence electrons. The molecule has 0 amide bonds. The number of para-hydroxylation sites is 1. The fourth-order valence-electron chi connectivity index (χ4n) is 3.54. The number of aromatic hydroxyl groups is 2. The van der Waals surface area contributed by atoms with Gasteiger partial charge in [0.15, 0.2) is 5.75 Å². The number of rotatable bonds is 2. The van der Waals surface area contributed by atoms with Crippen LogP contribution >= 0.6 is 0 Å². The van der Waals surface area contributed by atoms with Crippen molar-refractivity contribution >= 4 is 22.0 Å². The van der Waals surface area contributed by atoms with E-state index in [9.17, 15) is 15.0 Å². The van der Waals surface area contributed by atoms with Gasteiger partial charge in [-0.1, -0.05) is 12.1 Å². The molecule has 0 aliphatic rings. The van der Waals surface area contributed by atoms with Crippen LogP contribution in [0.25, 0.3) is 38.9 Å². The first-order chi connectivity index (χ1) is 13.6. The maximum Gasteiger partial charge on any atom is 0.240 e. The van der Waals surface area contributed by atoms with Gasteiger partial charge < -0.3 is 19.6 Å². The van der Waals surface area contributed by atoms with Crippen molar-refractivity contribution in [3.8, 4) is 28.6 Å². The van der Waals surface area contributed by atoms with Crippen molar-refractivity contribution in [3.63, 3.8) is 0 Å². The number of benzene rings is 2. The fourth-order valence-corrected chi connectivity index (χ4v) is 3.54. The summed E-state index contributed by atoms with van der Waals surface area (Å²) in [7, 11) is 0. The Morgan fingerprint density at radius 3 is 2.82 bits per heavy atom. The van der Waals surface area contributed by atoms with Crippen LogP contribution in [-0.2, 0) is 0 Å². The number of nitrogens with one attached hydrogen (secondary N) is 1. The first-order valence-electron chi connectivity index (χ1n) is 8.64. The summed E-state index contributed by atoms with van der Waals surface area (Å²) < 4.78 is 7.07. The zero-order chi connectivity index (χ0) is 19.4. The number of H-pyrrole nitrogens is 1. The molecule has 0 atom stereocenters. The standard InChI is InChI=1S/C21H15N3O4/c1-11-18(14-9-28-17-5-3-2-4-13(17)20(14)26)24(21(27)19(11)25)12-6-7-15-16(8-12)23-10-22-15/h2-10,25,27H,1H3,(H,22,23). The average Bonchev–Trinajstić information content (AvgIpc) is 3.27. The van der Waals surface area contributed by atoms with E-state index < -0.39 is 0 Å². The van der Waals surface area contributed by atoms with Gasteiger partial charge in [0.05, 0.1) is 39.7 Å². The molecule has 0 radical (unpaired) electrons. The molecule has 5 rings (SSSR count). The zero-order valence-electron chi connectivity index (χ0n) is 14.8. The number of imidazole rings is 1. The molecule has 5 aromatic rings. The molecule has 3 N–H and O–H groups in total. The summed E-state index contributed by atoms with van der Waals surface area (Å²) in [6, 6.07) is 12.3. The summed E-state index contributed by atoms with van der Waals surface area (Å²) in [6.07, 6.45) is 2.93. The van der Waals surface area contributed by atoms with E-state index in [1.165, 1.54) is 10.8 Å². The number of aromatic nitrogens is 3. The lowest BCUT2D eigenvalue weighted by atomic mass is 10.1. The maximum atomic E-state index is 13.1. The third-order valence-electron chi connectivity index (χ3n) is 4.95. The van der Waals surface area contributed by atoms with Crippen LogP contribution in [0.2, 0.25) is 0 Å². The van der Waals surface area contributed by atoms with E-state index in [0.29, 0.717) is 27.9 Å². The lowest BCUT2D eigenvalue weighted by Gasteiger charge is -2.11. The topological polar surface area (TPSA) is 104 Å². The Bertz CT molecular complexity index is 1430. The number of fused-ring (bicyclic) bond motifs is 2. The van der Waals surface area contributed by atoms with Gasteiger partial charge in [0, 0.05) is 5.56 Å². The maximum absolute atomic E-state index is 13.1. The quantitative estimate of drug-likeness (QED) is 0.436. The Balaban J connectivity index is 1.85. The summed E-state index contributed by atoms with van der Waals surface area (Å²) >= 11 is 0. The first-order valence-corrected chi connectivity index (χ1v) is 8.64. The summed E-state index contributed by atoms with van der Waals surface area (Å²) in [5, 5.41) is 21.4. The molecule has 0 fully saturated rings.